The SMILES string of the molecule is COc1ccc(-c2cnc(-c3cc[n+](C)cc3)o2)cc1.O=S(=O)([O-])C(F)(F)F. The maximum absolute atomic E-state index is 10.7. The van der Waals surface area contributed by atoms with E-state index in [1.165, 1.54) is 0 Å². The van der Waals surface area contributed by atoms with Crippen molar-refractivity contribution in [1.29, 1.82) is 0 Å². The molecule has 0 unspecified atom stereocenters. The summed E-state index contributed by atoms with van der Waals surface area (Å²) in [5, 5.41) is 0. The number of methoxy groups -OCH3 is 1. The summed E-state index contributed by atoms with van der Waals surface area (Å²) in [7, 11) is -2.47. The van der Waals surface area contributed by atoms with Crippen LogP contribution in [0.1, 0.15) is 0 Å². The maximum Gasteiger partial charge on any atom is 0.485 e. The standard InChI is InChI=1S/C16H15N2O2.CHF3O3S/c1-18-9-7-13(8-10-18)16-17-11-15(20-16)12-3-5-14(19-2)6-4-12;2-1(3,4)8(5,6)7/h3-11H,1-2H3;(H,5,6,7)/q+1;/p-1. The molecule has 0 saturated carbocycles. The van der Waals surface area contributed by atoms with Crippen molar-refractivity contribution < 1.29 is 39.9 Å². The van der Waals surface area contributed by atoms with Crippen LogP contribution in [-0.2, 0) is 17.2 Å². The quantitative estimate of drug-likeness (QED) is 0.370. The van der Waals surface area contributed by atoms with Crippen molar-refractivity contribution in [3.8, 4) is 28.5 Å². The van der Waals surface area contributed by atoms with E-state index in [0.29, 0.717) is 5.89 Å². The van der Waals surface area contributed by atoms with Gasteiger partial charge in [-0.25, -0.2) is 18.0 Å². The minimum absolute atomic E-state index is 0.622. The number of halogens is 3. The van der Waals surface area contributed by atoms with Crippen LogP contribution in [0.15, 0.2) is 59.4 Å². The Bertz CT molecular complexity index is 1010. The summed E-state index contributed by atoms with van der Waals surface area (Å²) in [5.74, 6) is 2.19. The molecule has 0 aliphatic heterocycles. The van der Waals surface area contributed by atoms with Crippen LogP contribution in [0.25, 0.3) is 22.8 Å². The highest BCUT2D eigenvalue weighted by molar-refractivity contribution is 7.86. The molecule has 0 spiro atoms. The molecule has 0 atom stereocenters. The van der Waals surface area contributed by atoms with E-state index in [2.05, 4.69) is 4.98 Å². The lowest BCUT2D eigenvalue weighted by atomic mass is 10.2. The Labute approximate surface area is 158 Å². The fourth-order valence-electron chi connectivity index (χ4n) is 1.94. The molecular weight excluding hydrogens is 401 g/mol. The second kappa shape index (κ2) is 8.40. The van der Waals surface area contributed by atoms with Crippen LogP contribution >= 0.6 is 0 Å². The fourth-order valence-corrected chi connectivity index (χ4v) is 1.94. The number of hydrogen-bond acceptors (Lipinski definition) is 6. The van der Waals surface area contributed by atoms with Gasteiger partial charge in [-0.2, -0.15) is 13.2 Å². The molecular formula is C17H15F3N2O5S. The summed E-state index contributed by atoms with van der Waals surface area (Å²) in [6, 6.07) is 11.7. The Morgan fingerprint density at radius 3 is 2.07 bits per heavy atom. The molecule has 0 N–H and O–H groups in total. The van der Waals surface area contributed by atoms with E-state index in [1.54, 1.807) is 13.3 Å². The van der Waals surface area contributed by atoms with Crippen molar-refractivity contribution in [2.45, 2.75) is 5.51 Å². The van der Waals surface area contributed by atoms with Gasteiger partial charge in [0.15, 0.2) is 28.3 Å². The number of benzene rings is 1. The van der Waals surface area contributed by atoms with Gasteiger partial charge >= 0.3 is 5.51 Å². The van der Waals surface area contributed by atoms with Crippen LogP contribution in [0.3, 0.4) is 0 Å². The van der Waals surface area contributed by atoms with Gasteiger partial charge in [-0.3, -0.25) is 0 Å². The number of nitrogens with zero attached hydrogens (tertiary/aromatic N) is 2. The molecule has 0 saturated heterocycles. The van der Waals surface area contributed by atoms with Gasteiger partial charge in [0.05, 0.1) is 13.3 Å². The number of aryl methyl sites for hydroxylation is 1. The number of hydrogen-bond donors (Lipinski definition) is 0. The first-order valence-corrected chi connectivity index (χ1v) is 9.00. The number of oxazole rings is 1. The molecule has 0 amide bonds. The Hall–Kier alpha value is -2.92. The molecule has 0 aliphatic carbocycles. The Kier molecular flexibility index (Phi) is 6.41. The van der Waals surface area contributed by atoms with Crippen LogP contribution in [0.5, 0.6) is 5.75 Å². The largest absolute Gasteiger partial charge is 0.741 e. The normalized spacial score (nSPS) is 11.5. The van der Waals surface area contributed by atoms with E-state index in [-0.39, 0.29) is 0 Å². The molecule has 1 aromatic carbocycles. The zero-order valence-electron chi connectivity index (χ0n) is 14.7. The van der Waals surface area contributed by atoms with Crippen molar-refractivity contribution in [1.82, 2.24) is 4.98 Å². The zero-order chi connectivity index (χ0) is 20.9. The van der Waals surface area contributed by atoms with Crippen LogP contribution in [-0.4, -0.2) is 30.6 Å². The molecule has 2 aromatic heterocycles. The van der Waals surface area contributed by atoms with E-state index in [9.17, 15) is 13.2 Å². The van der Waals surface area contributed by atoms with Crippen LogP contribution in [0, 0.1) is 0 Å². The smallest absolute Gasteiger partial charge is 0.485 e. The topological polar surface area (TPSA) is 96.3 Å². The third-order valence-electron chi connectivity index (χ3n) is 3.39. The molecule has 0 radical (unpaired) electrons. The number of rotatable bonds is 3. The summed E-state index contributed by atoms with van der Waals surface area (Å²) in [6.07, 6.45) is 5.67. The summed E-state index contributed by atoms with van der Waals surface area (Å²) < 4.78 is 71.8. The monoisotopic (exact) mass is 416 g/mol. The van der Waals surface area contributed by atoms with Crippen molar-refractivity contribution in [3.05, 3.63) is 55.0 Å². The van der Waals surface area contributed by atoms with Gasteiger partial charge < -0.3 is 13.7 Å². The van der Waals surface area contributed by atoms with E-state index in [1.807, 2.05) is 60.4 Å². The maximum atomic E-state index is 10.7. The third-order valence-corrected chi connectivity index (χ3v) is 3.96. The molecule has 11 heteroatoms. The number of aromatic nitrogens is 2. The van der Waals surface area contributed by atoms with Crippen molar-refractivity contribution in [2.24, 2.45) is 7.05 Å². The zero-order valence-corrected chi connectivity index (χ0v) is 15.5. The minimum atomic E-state index is -6.09. The molecule has 0 bridgehead atoms. The lowest BCUT2D eigenvalue weighted by Crippen LogP contribution is -2.25. The number of alkyl halides is 3. The molecule has 0 fully saturated rings. The second-order valence-electron chi connectivity index (χ2n) is 5.41. The van der Waals surface area contributed by atoms with Gasteiger partial charge in [-0.05, 0) is 24.3 Å². The Morgan fingerprint density at radius 2 is 1.61 bits per heavy atom. The van der Waals surface area contributed by atoms with E-state index in [0.717, 1.165) is 22.6 Å². The molecule has 7 nitrogen and oxygen atoms in total. The van der Waals surface area contributed by atoms with E-state index < -0.39 is 15.6 Å². The molecule has 0 aliphatic rings. The van der Waals surface area contributed by atoms with Crippen molar-refractivity contribution >= 4 is 10.1 Å². The highest BCUT2D eigenvalue weighted by atomic mass is 32.2. The van der Waals surface area contributed by atoms with E-state index in [4.69, 9.17) is 22.1 Å². The highest BCUT2D eigenvalue weighted by Crippen LogP contribution is 2.26. The van der Waals surface area contributed by atoms with Crippen molar-refractivity contribution in [2.75, 3.05) is 7.11 Å². The van der Waals surface area contributed by atoms with Gasteiger partial charge in [0, 0.05) is 23.3 Å². The van der Waals surface area contributed by atoms with Gasteiger partial charge in [0.1, 0.15) is 12.8 Å². The average Bonchev–Trinajstić information content (AvgIpc) is 3.11. The van der Waals surface area contributed by atoms with E-state index >= 15 is 0 Å². The van der Waals surface area contributed by atoms with Gasteiger partial charge in [0.25, 0.3) is 0 Å². The fraction of sp³-hybridized carbons (Fsp3) is 0.176. The first kappa shape index (κ1) is 21.4. The predicted molar refractivity (Wildman–Crippen MR) is 90.9 cm³/mol. The Balaban J connectivity index is 0.000000300. The van der Waals surface area contributed by atoms with Crippen molar-refractivity contribution in [3.63, 3.8) is 0 Å². The van der Waals surface area contributed by atoms with Gasteiger partial charge in [-0.1, -0.05) is 0 Å². The van der Waals surface area contributed by atoms with Crippen LogP contribution < -0.4 is 9.30 Å². The van der Waals surface area contributed by atoms with Crippen LogP contribution in [0.4, 0.5) is 13.2 Å². The lowest BCUT2D eigenvalue weighted by Gasteiger charge is -2.08. The molecule has 3 rings (SSSR count). The van der Waals surface area contributed by atoms with Crippen LogP contribution in [0.2, 0.25) is 0 Å². The highest BCUT2D eigenvalue weighted by Gasteiger charge is 2.36. The molecule has 28 heavy (non-hydrogen) atoms. The minimum Gasteiger partial charge on any atom is -0.741 e. The van der Waals surface area contributed by atoms with Gasteiger partial charge in [0.2, 0.25) is 5.89 Å². The summed E-state index contributed by atoms with van der Waals surface area (Å²) in [5.41, 5.74) is -3.71. The summed E-state index contributed by atoms with van der Waals surface area (Å²) in [4.78, 5) is 4.33. The number of ether oxygens (including phenoxy) is 1. The first-order valence-electron chi connectivity index (χ1n) is 7.59. The summed E-state index contributed by atoms with van der Waals surface area (Å²) in [6.45, 7) is 0. The first-order chi connectivity index (χ1) is 13.0. The molecule has 150 valence electrons. The average molecular weight is 416 g/mol. The molecule has 3 aromatic rings. The lowest BCUT2D eigenvalue weighted by molar-refractivity contribution is -0.671. The third kappa shape index (κ3) is 5.54. The number of pyridine rings is 1. The summed E-state index contributed by atoms with van der Waals surface area (Å²) >= 11 is 0. The predicted octanol–water partition coefficient (Wildman–Crippen LogP) is 2.89. The second-order valence-corrected chi connectivity index (χ2v) is 6.78. The molecule has 2 heterocycles. The van der Waals surface area contributed by atoms with Gasteiger partial charge in [-0.15, -0.1) is 0 Å². The Morgan fingerprint density at radius 1 is 1.07 bits per heavy atom.